The summed E-state index contributed by atoms with van der Waals surface area (Å²) < 4.78 is 5.57. The van der Waals surface area contributed by atoms with Gasteiger partial charge in [-0.25, -0.2) is 4.79 Å². The van der Waals surface area contributed by atoms with Gasteiger partial charge in [-0.15, -0.1) is 0 Å². The van der Waals surface area contributed by atoms with E-state index in [0.717, 1.165) is 19.4 Å². The summed E-state index contributed by atoms with van der Waals surface area (Å²) in [4.78, 5) is 14.4. The molecule has 1 atom stereocenters. The van der Waals surface area contributed by atoms with Gasteiger partial charge in [-0.1, -0.05) is 24.3 Å². The van der Waals surface area contributed by atoms with Gasteiger partial charge in [-0.2, -0.15) is 0 Å². The van der Waals surface area contributed by atoms with Crippen molar-refractivity contribution >= 4 is 6.09 Å². The van der Waals surface area contributed by atoms with E-state index < -0.39 is 5.60 Å². The zero-order chi connectivity index (χ0) is 16.9. The molecule has 1 amide bonds. The van der Waals surface area contributed by atoms with Crippen LogP contribution in [0.1, 0.15) is 38.3 Å². The molecule has 0 fully saturated rings. The van der Waals surface area contributed by atoms with E-state index in [-0.39, 0.29) is 18.7 Å². The molecule has 23 heavy (non-hydrogen) atoms. The minimum atomic E-state index is -0.497. The number of ether oxygens (including phenoxy) is 1. The summed E-state index contributed by atoms with van der Waals surface area (Å²) in [6.45, 7) is 7.87. The number of carbonyl (C=O) groups is 1. The highest BCUT2D eigenvalue weighted by Crippen LogP contribution is 2.25. The molecule has 0 saturated heterocycles. The van der Waals surface area contributed by atoms with E-state index in [0.29, 0.717) is 13.1 Å². The molecule has 1 aromatic carbocycles. The molecular weight excluding hydrogens is 292 g/mol. The lowest BCUT2D eigenvalue weighted by Gasteiger charge is -2.38. The van der Waals surface area contributed by atoms with Crippen LogP contribution in [-0.2, 0) is 17.7 Å². The van der Waals surface area contributed by atoms with Crippen molar-refractivity contribution in [1.29, 1.82) is 0 Å². The van der Waals surface area contributed by atoms with Gasteiger partial charge in [0.15, 0.2) is 0 Å². The topological polar surface area (TPSA) is 61.8 Å². The fourth-order valence-electron chi connectivity index (χ4n) is 2.78. The SMILES string of the molecule is CC(C)(C)OC(=O)N1Cc2ccccc2CC1CNCCCO. The molecule has 1 aliphatic rings. The van der Waals surface area contributed by atoms with Crippen LogP contribution in [0.3, 0.4) is 0 Å². The van der Waals surface area contributed by atoms with Crippen molar-refractivity contribution in [3.8, 4) is 0 Å². The molecule has 0 bridgehead atoms. The van der Waals surface area contributed by atoms with Crippen molar-refractivity contribution in [3.63, 3.8) is 0 Å². The molecule has 0 saturated carbocycles. The third-order valence-corrected chi connectivity index (χ3v) is 3.88. The van der Waals surface area contributed by atoms with Gasteiger partial charge in [0.1, 0.15) is 5.60 Å². The lowest BCUT2D eigenvalue weighted by molar-refractivity contribution is 0.0119. The van der Waals surface area contributed by atoms with Crippen LogP contribution >= 0.6 is 0 Å². The average Bonchev–Trinajstić information content (AvgIpc) is 2.49. The van der Waals surface area contributed by atoms with Crippen LogP contribution in [-0.4, -0.2) is 47.4 Å². The van der Waals surface area contributed by atoms with Gasteiger partial charge in [0.25, 0.3) is 0 Å². The van der Waals surface area contributed by atoms with E-state index in [1.165, 1.54) is 11.1 Å². The summed E-state index contributed by atoms with van der Waals surface area (Å²) in [7, 11) is 0. The first kappa shape index (κ1) is 17.8. The summed E-state index contributed by atoms with van der Waals surface area (Å²) >= 11 is 0. The maximum absolute atomic E-state index is 12.6. The van der Waals surface area contributed by atoms with E-state index in [1.807, 2.05) is 37.8 Å². The maximum atomic E-state index is 12.6. The predicted octanol–water partition coefficient (Wildman–Crippen LogP) is 2.32. The van der Waals surface area contributed by atoms with Crippen molar-refractivity contribution < 1.29 is 14.6 Å². The Morgan fingerprint density at radius 1 is 1.35 bits per heavy atom. The molecule has 1 unspecified atom stereocenters. The zero-order valence-electron chi connectivity index (χ0n) is 14.3. The number of nitrogens with zero attached hydrogens (tertiary/aromatic N) is 1. The largest absolute Gasteiger partial charge is 0.444 e. The van der Waals surface area contributed by atoms with Crippen molar-refractivity contribution in [1.82, 2.24) is 10.2 Å². The lowest BCUT2D eigenvalue weighted by Crippen LogP contribution is -2.50. The van der Waals surface area contributed by atoms with Gasteiger partial charge < -0.3 is 15.2 Å². The molecular formula is C18H28N2O3. The van der Waals surface area contributed by atoms with Crippen molar-refractivity contribution in [2.45, 2.75) is 51.8 Å². The minimum Gasteiger partial charge on any atom is -0.444 e. The molecule has 1 aromatic rings. The van der Waals surface area contributed by atoms with Crippen LogP contribution in [0, 0.1) is 0 Å². The molecule has 0 radical (unpaired) electrons. The monoisotopic (exact) mass is 320 g/mol. The van der Waals surface area contributed by atoms with Gasteiger partial charge in [-0.3, -0.25) is 4.90 Å². The van der Waals surface area contributed by atoms with E-state index in [2.05, 4.69) is 17.4 Å². The number of amides is 1. The van der Waals surface area contributed by atoms with Gasteiger partial charge >= 0.3 is 6.09 Å². The van der Waals surface area contributed by atoms with Crippen LogP contribution in [0.5, 0.6) is 0 Å². The van der Waals surface area contributed by atoms with Gasteiger partial charge in [0.2, 0.25) is 0 Å². The molecule has 5 nitrogen and oxygen atoms in total. The first-order valence-corrected chi connectivity index (χ1v) is 8.28. The second kappa shape index (κ2) is 7.79. The number of benzene rings is 1. The van der Waals surface area contributed by atoms with Crippen LogP contribution < -0.4 is 5.32 Å². The summed E-state index contributed by atoms with van der Waals surface area (Å²) in [5.41, 5.74) is 1.98. The molecule has 0 spiro atoms. The third kappa shape index (κ3) is 5.22. The third-order valence-electron chi connectivity index (χ3n) is 3.88. The smallest absolute Gasteiger partial charge is 0.410 e. The summed E-state index contributed by atoms with van der Waals surface area (Å²) in [5.74, 6) is 0. The number of hydrogen-bond acceptors (Lipinski definition) is 4. The first-order valence-electron chi connectivity index (χ1n) is 8.28. The highest BCUT2D eigenvalue weighted by Gasteiger charge is 2.32. The Labute approximate surface area is 138 Å². The normalized spacial score (nSPS) is 17.7. The van der Waals surface area contributed by atoms with Crippen LogP contribution in [0.15, 0.2) is 24.3 Å². The Morgan fingerprint density at radius 2 is 2.04 bits per heavy atom. The predicted molar refractivity (Wildman–Crippen MR) is 90.3 cm³/mol. The van der Waals surface area contributed by atoms with Crippen LogP contribution in [0.25, 0.3) is 0 Å². The number of hydrogen-bond donors (Lipinski definition) is 2. The molecule has 2 rings (SSSR count). The van der Waals surface area contributed by atoms with E-state index >= 15 is 0 Å². The van der Waals surface area contributed by atoms with E-state index in [9.17, 15) is 4.79 Å². The Morgan fingerprint density at radius 3 is 2.70 bits per heavy atom. The number of nitrogens with one attached hydrogen (secondary N) is 1. The number of rotatable bonds is 5. The van der Waals surface area contributed by atoms with E-state index in [1.54, 1.807) is 0 Å². The first-order chi connectivity index (χ1) is 10.9. The highest BCUT2D eigenvalue weighted by atomic mass is 16.6. The van der Waals surface area contributed by atoms with Crippen LogP contribution in [0.4, 0.5) is 4.79 Å². The Hall–Kier alpha value is -1.59. The van der Waals surface area contributed by atoms with Gasteiger partial charge in [-0.05, 0) is 51.3 Å². The fraction of sp³-hybridized carbons (Fsp3) is 0.611. The molecule has 2 N–H and O–H groups in total. The van der Waals surface area contributed by atoms with Crippen molar-refractivity contribution in [3.05, 3.63) is 35.4 Å². The van der Waals surface area contributed by atoms with Gasteiger partial charge in [0, 0.05) is 19.7 Å². The highest BCUT2D eigenvalue weighted by molar-refractivity contribution is 5.69. The van der Waals surface area contributed by atoms with Crippen LogP contribution in [0.2, 0.25) is 0 Å². The van der Waals surface area contributed by atoms with Crippen molar-refractivity contribution in [2.24, 2.45) is 0 Å². The zero-order valence-corrected chi connectivity index (χ0v) is 14.3. The summed E-state index contributed by atoms with van der Waals surface area (Å²) in [6, 6.07) is 8.31. The molecule has 0 aromatic heterocycles. The van der Waals surface area contributed by atoms with Gasteiger partial charge in [0.05, 0.1) is 6.04 Å². The Bertz CT molecular complexity index is 525. The number of aliphatic hydroxyl groups excluding tert-OH is 1. The Kier molecular flexibility index (Phi) is 6.02. The maximum Gasteiger partial charge on any atom is 0.410 e. The molecule has 0 aliphatic carbocycles. The second-order valence-corrected chi connectivity index (χ2v) is 7.02. The Balaban J connectivity index is 2.09. The quantitative estimate of drug-likeness (QED) is 0.818. The number of fused-ring (bicyclic) bond motifs is 1. The standard InChI is InChI=1S/C18H28N2O3/c1-18(2,3)23-17(22)20-13-15-8-5-4-7-14(15)11-16(20)12-19-9-6-10-21/h4-5,7-8,16,19,21H,6,9-13H2,1-3H3. The fourth-order valence-corrected chi connectivity index (χ4v) is 2.78. The summed E-state index contributed by atoms with van der Waals surface area (Å²) in [6.07, 6.45) is 1.28. The van der Waals surface area contributed by atoms with Crippen molar-refractivity contribution in [2.75, 3.05) is 19.7 Å². The molecule has 1 aliphatic heterocycles. The average molecular weight is 320 g/mol. The number of carbonyl (C=O) groups excluding carboxylic acids is 1. The minimum absolute atomic E-state index is 0.0680. The lowest BCUT2D eigenvalue weighted by atomic mass is 9.94. The summed E-state index contributed by atoms with van der Waals surface area (Å²) in [5, 5.41) is 12.2. The van der Waals surface area contributed by atoms with E-state index in [4.69, 9.17) is 9.84 Å². The molecule has 1 heterocycles. The number of aliphatic hydroxyl groups is 1. The second-order valence-electron chi connectivity index (χ2n) is 7.02. The molecule has 128 valence electrons. The molecule has 5 heteroatoms.